The van der Waals surface area contributed by atoms with Gasteiger partial charge in [0, 0.05) is 24.2 Å². The Morgan fingerprint density at radius 1 is 1.08 bits per heavy atom. The predicted molar refractivity (Wildman–Crippen MR) is 94.7 cm³/mol. The Hall–Kier alpha value is -2.76. The van der Waals surface area contributed by atoms with E-state index < -0.39 is 17.7 Å². The number of anilines is 1. The van der Waals surface area contributed by atoms with E-state index in [4.69, 9.17) is 0 Å². The van der Waals surface area contributed by atoms with Crippen molar-refractivity contribution in [2.75, 3.05) is 12.4 Å². The Morgan fingerprint density at radius 2 is 1.73 bits per heavy atom. The van der Waals surface area contributed by atoms with Crippen LogP contribution >= 0.6 is 0 Å². The topological polar surface area (TPSA) is 49.4 Å². The van der Waals surface area contributed by atoms with E-state index in [9.17, 15) is 18.4 Å². The molecule has 1 N–H and O–H groups in total. The molecule has 1 aliphatic rings. The van der Waals surface area contributed by atoms with Crippen LogP contribution < -0.4 is 5.32 Å². The summed E-state index contributed by atoms with van der Waals surface area (Å²) >= 11 is 0. The highest BCUT2D eigenvalue weighted by Gasteiger charge is 2.29. The average Bonchev–Trinajstić information content (AvgIpc) is 3.48. The highest BCUT2D eigenvalue weighted by Crippen LogP contribution is 2.30. The first kappa shape index (κ1) is 18.0. The summed E-state index contributed by atoms with van der Waals surface area (Å²) in [5.41, 5.74) is 1.61. The van der Waals surface area contributed by atoms with Gasteiger partial charge in [0.15, 0.2) is 11.6 Å². The SMILES string of the molecule is CC(c1ccc(F)c(F)c1)N(C)C(=O)c1ccc(NC(=O)C2CC2)cc1. The number of benzene rings is 2. The van der Waals surface area contributed by atoms with Crippen molar-refractivity contribution in [3.63, 3.8) is 0 Å². The summed E-state index contributed by atoms with van der Waals surface area (Å²) in [6.45, 7) is 1.74. The maximum Gasteiger partial charge on any atom is 0.254 e. The van der Waals surface area contributed by atoms with Crippen molar-refractivity contribution in [1.29, 1.82) is 0 Å². The standard InChI is InChI=1S/C20H20F2N2O2/c1-12(15-7-10-17(21)18(22)11-15)24(2)20(26)14-5-8-16(9-6-14)23-19(25)13-3-4-13/h5-13H,3-4H2,1-2H3,(H,23,25). The maximum atomic E-state index is 13.4. The van der Waals surface area contributed by atoms with Gasteiger partial charge in [-0.3, -0.25) is 9.59 Å². The summed E-state index contributed by atoms with van der Waals surface area (Å²) in [5, 5.41) is 2.82. The molecule has 1 unspecified atom stereocenters. The van der Waals surface area contributed by atoms with Crippen LogP contribution in [-0.4, -0.2) is 23.8 Å². The van der Waals surface area contributed by atoms with Gasteiger partial charge in [0.05, 0.1) is 6.04 Å². The fourth-order valence-corrected chi connectivity index (χ4v) is 2.66. The van der Waals surface area contributed by atoms with Crippen LogP contribution in [0, 0.1) is 17.6 Å². The molecule has 1 aliphatic carbocycles. The zero-order valence-corrected chi connectivity index (χ0v) is 14.6. The van der Waals surface area contributed by atoms with Crippen LogP contribution in [0.1, 0.15) is 41.7 Å². The molecule has 1 atom stereocenters. The van der Waals surface area contributed by atoms with Crippen molar-refractivity contribution in [3.8, 4) is 0 Å². The highest BCUT2D eigenvalue weighted by molar-refractivity contribution is 5.96. The van der Waals surface area contributed by atoms with Crippen molar-refractivity contribution in [2.45, 2.75) is 25.8 Å². The number of nitrogens with zero attached hydrogens (tertiary/aromatic N) is 1. The second kappa shape index (κ2) is 7.23. The molecule has 2 aromatic rings. The number of carbonyl (C=O) groups is 2. The fraction of sp³-hybridized carbons (Fsp3) is 0.300. The molecule has 3 rings (SSSR count). The van der Waals surface area contributed by atoms with E-state index in [0.29, 0.717) is 16.8 Å². The quantitative estimate of drug-likeness (QED) is 0.873. The molecular weight excluding hydrogens is 338 g/mol. The Labute approximate surface area is 150 Å². The molecule has 1 fully saturated rings. The van der Waals surface area contributed by atoms with Gasteiger partial charge < -0.3 is 10.2 Å². The molecule has 26 heavy (non-hydrogen) atoms. The summed E-state index contributed by atoms with van der Waals surface area (Å²) in [7, 11) is 1.61. The number of hydrogen-bond donors (Lipinski definition) is 1. The van der Waals surface area contributed by atoms with Crippen LogP contribution in [0.5, 0.6) is 0 Å². The van der Waals surface area contributed by atoms with Crippen LogP contribution in [-0.2, 0) is 4.79 Å². The van der Waals surface area contributed by atoms with Gasteiger partial charge in [-0.2, -0.15) is 0 Å². The largest absolute Gasteiger partial charge is 0.335 e. The van der Waals surface area contributed by atoms with Gasteiger partial charge in [-0.25, -0.2) is 8.78 Å². The van der Waals surface area contributed by atoms with Gasteiger partial charge in [-0.05, 0) is 61.7 Å². The maximum absolute atomic E-state index is 13.4. The molecule has 0 spiro atoms. The van der Waals surface area contributed by atoms with E-state index in [2.05, 4.69) is 5.32 Å². The number of halogens is 2. The van der Waals surface area contributed by atoms with Crippen molar-refractivity contribution in [2.24, 2.45) is 5.92 Å². The van der Waals surface area contributed by atoms with E-state index in [-0.39, 0.29) is 17.7 Å². The zero-order valence-electron chi connectivity index (χ0n) is 14.6. The molecule has 2 aromatic carbocycles. The molecule has 0 aromatic heterocycles. The minimum atomic E-state index is -0.939. The molecule has 0 saturated heterocycles. The number of amides is 2. The van der Waals surface area contributed by atoms with Crippen molar-refractivity contribution < 1.29 is 18.4 Å². The Morgan fingerprint density at radius 3 is 2.31 bits per heavy atom. The summed E-state index contributed by atoms with van der Waals surface area (Å²) in [6, 6.07) is 9.83. The second-order valence-corrected chi connectivity index (χ2v) is 6.61. The van der Waals surface area contributed by atoms with E-state index in [0.717, 1.165) is 25.0 Å². The number of nitrogens with one attached hydrogen (secondary N) is 1. The van der Waals surface area contributed by atoms with Gasteiger partial charge in [-0.15, -0.1) is 0 Å². The minimum absolute atomic E-state index is 0.00755. The van der Waals surface area contributed by atoms with Crippen molar-refractivity contribution in [3.05, 3.63) is 65.2 Å². The van der Waals surface area contributed by atoms with Crippen LogP contribution in [0.2, 0.25) is 0 Å². The van der Waals surface area contributed by atoms with Gasteiger partial charge in [0.25, 0.3) is 5.91 Å². The first-order chi connectivity index (χ1) is 12.4. The molecule has 1 saturated carbocycles. The third-order valence-corrected chi connectivity index (χ3v) is 4.67. The van der Waals surface area contributed by atoms with E-state index in [1.165, 1.54) is 11.0 Å². The van der Waals surface area contributed by atoms with Gasteiger partial charge in [-0.1, -0.05) is 6.07 Å². The smallest absolute Gasteiger partial charge is 0.254 e. The van der Waals surface area contributed by atoms with E-state index >= 15 is 0 Å². The lowest BCUT2D eigenvalue weighted by Gasteiger charge is -2.25. The fourth-order valence-electron chi connectivity index (χ4n) is 2.66. The second-order valence-electron chi connectivity index (χ2n) is 6.61. The number of carbonyl (C=O) groups excluding carboxylic acids is 2. The minimum Gasteiger partial charge on any atom is -0.335 e. The zero-order chi connectivity index (χ0) is 18.8. The molecule has 6 heteroatoms. The Bertz CT molecular complexity index is 832. The first-order valence-corrected chi connectivity index (χ1v) is 8.50. The molecule has 4 nitrogen and oxygen atoms in total. The third-order valence-electron chi connectivity index (χ3n) is 4.67. The predicted octanol–water partition coefficient (Wildman–Crippen LogP) is 4.15. The van der Waals surface area contributed by atoms with E-state index in [1.54, 1.807) is 38.2 Å². The first-order valence-electron chi connectivity index (χ1n) is 8.50. The molecule has 0 aliphatic heterocycles. The summed E-state index contributed by atoms with van der Waals surface area (Å²) in [5.74, 6) is -1.99. The molecule has 0 radical (unpaired) electrons. The van der Waals surface area contributed by atoms with Crippen LogP contribution in [0.4, 0.5) is 14.5 Å². The van der Waals surface area contributed by atoms with Crippen LogP contribution in [0.25, 0.3) is 0 Å². The Balaban J connectivity index is 1.68. The lowest BCUT2D eigenvalue weighted by atomic mass is 10.1. The van der Waals surface area contributed by atoms with Crippen molar-refractivity contribution in [1.82, 2.24) is 4.90 Å². The molecule has 136 valence electrons. The van der Waals surface area contributed by atoms with Crippen molar-refractivity contribution >= 4 is 17.5 Å². The van der Waals surface area contributed by atoms with E-state index in [1.807, 2.05) is 0 Å². The molecular formula is C20H20F2N2O2. The van der Waals surface area contributed by atoms with Gasteiger partial charge >= 0.3 is 0 Å². The summed E-state index contributed by atoms with van der Waals surface area (Å²) in [6.07, 6.45) is 1.85. The number of rotatable bonds is 5. The highest BCUT2D eigenvalue weighted by atomic mass is 19.2. The number of hydrogen-bond acceptors (Lipinski definition) is 2. The molecule has 0 bridgehead atoms. The molecule has 0 heterocycles. The molecule has 2 amide bonds. The monoisotopic (exact) mass is 358 g/mol. The lowest BCUT2D eigenvalue weighted by Crippen LogP contribution is -2.29. The summed E-state index contributed by atoms with van der Waals surface area (Å²) in [4.78, 5) is 25.9. The third kappa shape index (κ3) is 3.90. The van der Waals surface area contributed by atoms with Crippen LogP contribution in [0.15, 0.2) is 42.5 Å². The lowest BCUT2D eigenvalue weighted by molar-refractivity contribution is -0.117. The van der Waals surface area contributed by atoms with Crippen LogP contribution in [0.3, 0.4) is 0 Å². The summed E-state index contributed by atoms with van der Waals surface area (Å²) < 4.78 is 26.5. The average molecular weight is 358 g/mol. The van der Waals surface area contributed by atoms with Gasteiger partial charge in [0.2, 0.25) is 5.91 Å². The normalized spacial score (nSPS) is 14.6. The van der Waals surface area contributed by atoms with Gasteiger partial charge in [0.1, 0.15) is 0 Å². The Kier molecular flexibility index (Phi) is 5.02.